The first kappa shape index (κ1) is 28.9. The molecule has 33 heavy (non-hydrogen) atoms. The number of aliphatic carboxylic acids is 2. The van der Waals surface area contributed by atoms with Crippen molar-refractivity contribution in [3.63, 3.8) is 0 Å². The fourth-order valence-corrected chi connectivity index (χ4v) is 3.19. The van der Waals surface area contributed by atoms with Gasteiger partial charge in [0.2, 0.25) is 5.95 Å². The van der Waals surface area contributed by atoms with Crippen LogP contribution in [0.25, 0.3) is 11.0 Å². The van der Waals surface area contributed by atoms with E-state index in [0.717, 1.165) is 11.1 Å². The van der Waals surface area contributed by atoms with Crippen molar-refractivity contribution in [2.75, 3.05) is 5.73 Å². The maximum atomic E-state index is 12.3. The number of carbonyl (C=O) groups is 3. The predicted molar refractivity (Wildman–Crippen MR) is 125 cm³/mol. The Bertz CT molecular complexity index is 1190. The zero-order chi connectivity index (χ0) is 22.5. The van der Waals surface area contributed by atoms with E-state index in [1.54, 1.807) is 30.5 Å². The second-order valence-corrected chi connectivity index (χ2v) is 6.98. The molecule has 2 aromatic heterocycles. The van der Waals surface area contributed by atoms with Crippen LogP contribution in [0.5, 0.6) is 0 Å². The summed E-state index contributed by atoms with van der Waals surface area (Å²) in [5.41, 5.74) is 7.59. The molecule has 0 saturated heterocycles. The van der Waals surface area contributed by atoms with Gasteiger partial charge in [0.25, 0.3) is 11.5 Å². The number of nitrogen functional groups attached to an aromatic ring is 1. The molecule has 13 heteroatoms. The third kappa shape index (κ3) is 7.70. The standard InChI is InChI=1S/C20H21N5O6.2Na.2H/c21-20-24-16-15(18(29)25-20)12(9-22-16)6-3-10-1-4-11(5-2-10)17(28)23-13(19(30)31)7-8-14(26)27;;;;/h1-2,4-5,9,13H,3,6-8H2,(H,23,28)(H,26,27)(H,30,31)(H4,21,22,24,25,29);;;;/t13-;;;;/m0..../s1. The molecular weight excluding hydrogens is 452 g/mol. The Morgan fingerprint density at radius 2 is 1.76 bits per heavy atom. The maximum absolute atomic E-state index is 12.3. The summed E-state index contributed by atoms with van der Waals surface area (Å²) in [7, 11) is 0. The van der Waals surface area contributed by atoms with Gasteiger partial charge in [-0.05, 0) is 42.5 Å². The Morgan fingerprint density at radius 1 is 1.09 bits per heavy atom. The van der Waals surface area contributed by atoms with Crippen LogP contribution in [0.4, 0.5) is 5.95 Å². The van der Waals surface area contributed by atoms with E-state index < -0.39 is 23.9 Å². The molecule has 0 spiro atoms. The minimum absolute atomic E-state index is 0. The summed E-state index contributed by atoms with van der Waals surface area (Å²) >= 11 is 0. The van der Waals surface area contributed by atoms with Crippen molar-refractivity contribution in [3.05, 3.63) is 57.5 Å². The number of carboxylic acids is 2. The van der Waals surface area contributed by atoms with Crippen molar-refractivity contribution in [1.82, 2.24) is 20.3 Å². The Balaban J connectivity index is 0.00000272. The van der Waals surface area contributed by atoms with Gasteiger partial charge in [0, 0.05) is 18.2 Å². The number of rotatable bonds is 9. The molecule has 7 N–H and O–H groups in total. The third-order valence-electron chi connectivity index (χ3n) is 4.79. The van der Waals surface area contributed by atoms with Crippen molar-refractivity contribution >= 4 is 93.9 Å². The summed E-state index contributed by atoms with van der Waals surface area (Å²) in [4.78, 5) is 55.7. The predicted octanol–water partition coefficient (Wildman–Crippen LogP) is -0.631. The molecular formula is C20H23N5Na2O6. The van der Waals surface area contributed by atoms with Gasteiger partial charge in [-0.2, -0.15) is 4.98 Å². The number of aromatic nitrogens is 3. The average molecular weight is 475 g/mol. The van der Waals surface area contributed by atoms with Gasteiger partial charge in [-0.1, -0.05) is 12.1 Å². The van der Waals surface area contributed by atoms with Gasteiger partial charge in [-0.15, -0.1) is 0 Å². The zero-order valence-electron chi connectivity index (χ0n) is 16.3. The van der Waals surface area contributed by atoms with Crippen molar-refractivity contribution in [1.29, 1.82) is 0 Å². The average Bonchev–Trinajstić information content (AvgIpc) is 3.12. The normalized spacial score (nSPS) is 11.2. The molecule has 0 unspecified atom stereocenters. The summed E-state index contributed by atoms with van der Waals surface area (Å²) in [5.74, 6) is -3.00. The fraction of sp³-hybridized carbons (Fsp3) is 0.250. The van der Waals surface area contributed by atoms with E-state index in [-0.39, 0.29) is 89.0 Å². The Morgan fingerprint density at radius 3 is 2.36 bits per heavy atom. The molecule has 0 aliphatic carbocycles. The van der Waals surface area contributed by atoms with Gasteiger partial charge in [0.05, 0.1) is 5.39 Å². The molecule has 1 aromatic carbocycles. The summed E-state index contributed by atoms with van der Waals surface area (Å²) in [6, 6.07) is 5.30. The van der Waals surface area contributed by atoms with Gasteiger partial charge in [0.15, 0.2) is 0 Å². The first-order chi connectivity index (χ1) is 14.7. The second kappa shape index (κ2) is 12.9. The molecule has 2 heterocycles. The number of nitrogens with two attached hydrogens (primary N) is 1. The third-order valence-corrected chi connectivity index (χ3v) is 4.79. The summed E-state index contributed by atoms with van der Waals surface area (Å²) in [6.45, 7) is 0. The van der Waals surface area contributed by atoms with Crippen LogP contribution in [-0.2, 0) is 22.4 Å². The quantitative estimate of drug-likeness (QED) is 0.220. The fourth-order valence-electron chi connectivity index (χ4n) is 3.19. The summed E-state index contributed by atoms with van der Waals surface area (Å²) in [5, 5.41) is 20.6. The molecule has 11 nitrogen and oxygen atoms in total. The van der Waals surface area contributed by atoms with Crippen LogP contribution in [0.3, 0.4) is 0 Å². The van der Waals surface area contributed by atoms with Gasteiger partial charge in [-0.25, -0.2) is 4.79 Å². The van der Waals surface area contributed by atoms with Crippen LogP contribution in [0, 0.1) is 0 Å². The Hall–Kier alpha value is -2.15. The van der Waals surface area contributed by atoms with Gasteiger partial charge in [0.1, 0.15) is 11.7 Å². The number of carbonyl (C=O) groups excluding carboxylic acids is 1. The molecule has 1 amide bonds. The number of anilines is 1. The van der Waals surface area contributed by atoms with E-state index in [9.17, 15) is 19.2 Å². The number of hydrogen-bond donors (Lipinski definition) is 6. The number of hydrogen-bond acceptors (Lipinski definition) is 6. The van der Waals surface area contributed by atoms with Crippen LogP contribution in [0.2, 0.25) is 0 Å². The molecule has 0 bridgehead atoms. The molecule has 166 valence electrons. The monoisotopic (exact) mass is 475 g/mol. The number of carboxylic acid groups (broad SMARTS) is 2. The molecule has 0 aliphatic heterocycles. The van der Waals surface area contributed by atoms with Crippen molar-refractivity contribution in [2.24, 2.45) is 0 Å². The molecule has 0 saturated carbocycles. The number of fused-ring (bicyclic) bond motifs is 1. The number of benzene rings is 1. The molecule has 0 aliphatic rings. The number of H-pyrrole nitrogens is 2. The number of aromatic amines is 2. The first-order valence-corrected chi connectivity index (χ1v) is 9.44. The molecule has 1 atom stereocenters. The number of amides is 1. The summed E-state index contributed by atoms with van der Waals surface area (Å²) in [6.07, 6.45) is 2.27. The molecule has 3 rings (SSSR count). The van der Waals surface area contributed by atoms with Crippen molar-refractivity contribution in [2.45, 2.75) is 31.7 Å². The number of nitrogens with one attached hydrogen (secondary N) is 3. The van der Waals surface area contributed by atoms with Crippen LogP contribution in [0.1, 0.15) is 34.3 Å². The van der Waals surface area contributed by atoms with Crippen molar-refractivity contribution in [3.8, 4) is 0 Å². The van der Waals surface area contributed by atoms with Crippen LogP contribution in [0.15, 0.2) is 35.3 Å². The van der Waals surface area contributed by atoms with E-state index in [1.807, 2.05) is 0 Å². The number of nitrogens with zero attached hydrogens (tertiary/aromatic N) is 1. The Kier molecular flexibility index (Phi) is 11.3. The van der Waals surface area contributed by atoms with E-state index >= 15 is 0 Å². The van der Waals surface area contributed by atoms with Crippen LogP contribution < -0.4 is 16.6 Å². The zero-order valence-corrected chi connectivity index (χ0v) is 16.3. The molecule has 3 aromatic rings. The second-order valence-electron chi connectivity index (χ2n) is 6.98. The minimum atomic E-state index is -1.30. The van der Waals surface area contributed by atoms with Gasteiger partial charge >= 0.3 is 71.1 Å². The van der Waals surface area contributed by atoms with E-state index in [2.05, 4.69) is 20.3 Å². The van der Waals surface area contributed by atoms with Gasteiger partial charge < -0.3 is 26.2 Å². The van der Waals surface area contributed by atoms with Gasteiger partial charge in [-0.3, -0.25) is 19.4 Å². The van der Waals surface area contributed by atoms with E-state index in [0.29, 0.717) is 23.9 Å². The summed E-state index contributed by atoms with van der Waals surface area (Å²) < 4.78 is 0. The molecule has 0 fully saturated rings. The number of aryl methyl sites for hydroxylation is 2. The molecule has 0 radical (unpaired) electrons. The van der Waals surface area contributed by atoms with Crippen LogP contribution >= 0.6 is 0 Å². The van der Waals surface area contributed by atoms with Crippen molar-refractivity contribution < 1.29 is 24.6 Å². The SMILES string of the molecule is Nc1nc2[nH]cc(CCc3ccc(C(=O)N[C@@H](CCC(=O)O)C(=O)O)cc3)c2c(=O)[nH]1.[NaH].[NaH]. The Labute approximate surface area is 232 Å². The van der Waals surface area contributed by atoms with E-state index in [4.69, 9.17) is 15.9 Å². The van der Waals surface area contributed by atoms with E-state index in [1.165, 1.54) is 0 Å². The van der Waals surface area contributed by atoms with Crippen LogP contribution in [-0.4, -0.2) is 108 Å². The first-order valence-electron chi connectivity index (χ1n) is 9.44. The topological polar surface area (TPSA) is 191 Å².